The number of nitrogens with zero attached hydrogens (tertiary/aromatic N) is 2. The minimum atomic E-state index is -4.34. The SMILES string of the molecule is FC(F)(F)c1csc(CN2Cc3ccccc3C2)n1. The van der Waals surface area contributed by atoms with Crippen molar-refractivity contribution in [3.05, 3.63) is 51.5 Å². The Morgan fingerprint density at radius 2 is 1.79 bits per heavy atom. The molecule has 0 unspecified atom stereocenters. The molecule has 100 valence electrons. The molecule has 0 fully saturated rings. The van der Waals surface area contributed by atoms with E-state index in [1.54, 1.807) is 0 Å². The molecule has 3 rings (SSSR count). The summed E-state index contributed by atoms with van der Waals surface area (Å²) < 4.78 is 37.4. The molecule has 0 aliphatic carbocycles. The van der Waals surface area contributed by atoms with Gasteiger partial charge < -0.3 is 0 Å². The molecule has 2 nitrogen and oxygen atoms in total. The van der Waals surface area contributed by atoms with Crippen LogP contribution in [0.3, 0.4) is 0 Å². The molecule has 2 aromatic rings. The zero-order valence-corrected chi connectivity index (χ0v) is 10.8. The fraction of sp³-hybridized carbons (Fsp3) is 0.308. The van der Waals surface area contributed by atoms with Gasteiger partial charge in [-0.25, -0.2) is 4.98 Å². The van der Waals surface area contributed by atoms with E-state index in [4.69, 9.17) is 0 Å². The first-order valence-electron chi connectivity index (χ1n) is 5.83. The largest absolute Gasteiger partial charge is 0.434 e. The van der Waals surface area contributed by atoms with Gasteiger partial charge in [-0.05, 0) is 11.1 Å². The average Bonchev–Trinajstić information content (AvgIpc) is 2.94. The van der Waals surface area contributed by atoms with Crippen molar-refractivity contribution < 1.29 is 13.2 Å². The van der Waals surface area contributed by atoms with Crippen LogP contribution in [0.2, 0.25) is 0 Å². The number of alkyl halides is 3. The normalized spacial score (nSPS) is 15.7. The molecule has 6 heteroatoms. The third-order valence-corrected chi connectivity index (χ3v) is 3.94. The third kappa shape index (κ3) is 2.64. The van der Waals surface area contributed by atoms with E-state index in [1.165, 1.54) is 11.1 Å². The molecular weight excluding hydrogens is 273 g/mol. The second-order valence-electron chi connectivity index (χ2n) is 4.54. The predicted octanol–water partition coefficient (Wildman–Crippen LogP) is 3.68. The number of hydrogen-bond donors (Lipinski definition) is 0. The highest BCUT2D eigenvalue weighted by molar-refractivity contribution is 7.09. The molecule has 0 radical (unpaired) electrons. The highest BCUT2D eigenvalue weighted by Crippen LogP contribution is 2.31. The maximum atomic E-state index is 12.5. The van der Waals surface area contributed by atoms with Crippen molar-refractivity contribution in [3.8, 4) is 0 Å². The number of thiazole rings is 1. The van der Waals surface area contributed by atoms with Gasteiger partial charge in [0.05, 0.1) is 6.54 Å². The first-order valence-corrected chi connectivity index (χ1v) is 6.71. The lowest BCUT2D eigenvalue weighted by Crippen LogP contribution is -2.16. The second-order valence-corrected chi connectivity index (χ2v) is 5.48. The number of halogens is 3. The van der Waals surface area contributed by atoms with E-state index < -0.39 is 11.9 Å². The van der Waals surface area contributed by atoms with Crippen LogP contribution in [0.1, 0.15) is 21.8 Å². The van der Waals surface area contributed by atoms with E-state index in [9.17, 15) is 13.2 Å². The predicted molar refractivity (Wildman–Crippen MR) is 66.5 cm³/mol. The van der Waals surface area contributed by atoms with Gasteiger partial charge in [0.25, 0.3) is 0 Å². The lowest BCUT2D eigenvalue weighted by molar-refractivity contribution is -0.140. The van der Waals surface area contributed by atoms with Crippen LogP contribution in [-0.4, -0.2) is 9.88 Å². The van der Waals surface area contributed by atoms with Crippen molar-refractivity contribution in [2.24, 2.45) is 0 Å². The van der Waals surface area contributed by atoms with Crippen LogP contribution in [-0.2, 0) is 25.8 Å². The minimum absolute atomic E-state index is 0.468. The van der Waals surface area contributed by atoms with Crippen LogP contribution in [0, 0.1) is 0 Å². The molecule has 2 heterocycles. The topological polar surface area (TPSA) is 16.1 Å². The van der Waals surface area contributed by atoms with Crippen LogP contribution in [0.4, 0.5) is 13.2 Å². The Kier molecular flexibility index (Phi) is 3.06. The van der Waals surface area contributed by atoms with Gasteiger partial charge >= 0.3 is 6.18 Å². The van der Waals surface area contributed by atoms with Gasteiger partial charge in [-0.3, -0.25) is 4.90 Å². The third-order valence-electron chi connectivity index (χ3n) is 3.11. The maximum Gasteiger partial charge on any atom is 0.434 e. The van der Waals surface area contributed by atoms with E-state index >= 15 is 0 Å². The van der Waals surface area contributed by atoms with Crippen molar-refractivity contribution in [3.63, 3.8) is 0 Å². The van der Waals surface area contributed by atoms with E-state index in [0.717, 1.165) is 29.8 Å². The van der Waals surface area contributed by atoms with Crippen molar-refractivity contribution in [2.75, 3.05) is 0 Å². The molecule has 1 aromatic heterocycles. The van der Waals surface area contributed by atoms with Crippen LogP contribution in [0.25, 0.3) is 0 Å². The monoisotopic (exact) mass is 284 g/mol. The Balaban J connectivity index is 1.70. The lowest BCUT2D eigenvalue weighted by atomic mass is 10.1. The van der Waals surface area contributed by atoms with E-state index in [1.807, 2.05) is 12.1 Å². The highest BCUT2D eigenvalue weighted by Gasteiger charge is 2.34. The molecule has 0 saturated carbocycles. The Morgan fingerprint density at radius 3 is 2.32 bits per heavy atom. The summed E-state index contributed by atoms with van der Waals surface area (Å²) >= 11 is 1.07. The first kappa shape index (κ1) is 12.6. The van der Waals surface area contributed by atoms with Crippen molar-refractivity contribution in [1.29, 1.82) is 0 Å². The summed E-state index contributed by atoms with van der Waals surface area (Å²) in [6.45, 7) is 2.02. The van der Waals surface area contributed by atoms with Crippen molar-refractivity contribution in [1.82, 2.24) is 9.88 Å². The number of rotatable bonds is 2. The average molecular weight is 284 g/mol. The smallest absolute Gasteiger partial charge is 0.288 e. The number of fused-ring (bicyclic) bond motifs is 1. The van der Waals surface area contributed by atoms with Crippen LogP contribution in [0.5, 0.6) is 0 Å². The van der Waals surface area contributed by atoms with Gasteiger partial charge in [0.2, 0.25) is 0 Å². The van der Waals surface area contributed by atoms with Crippen LogP contribution >= 0.6 is 11.3 Å². The molecular formula is C13H11F3N2S. The standard InChI is InChI=1S/C13H11F3N2S/c14-13(15,16)11-8-19-12(17-11)7-18-5-9-3-1-2-4-10(9)6-18/h1-4,8H,5-7H2. The summed E-state index contributed by atoms with van der Waals surface area (Å²) in [5.41, 5.74) is 1.70. The summed E-state index contributed by atoms with van der Waals surface area (Å²) in [6.07, 6.45) is -4.34. The van der Waals surface area contributed by atoms with Crippen LogP contribution in [0.15, 0.2) is 29.6 Å². The van der Waals surface area contributed by atoms with Gasteiger partial charge in [0.1, 0.15) is 5.01 Å². The maximum absolute atomic E-state index is 12.5. The van der Waals surface area contributed by atoms with E-state index in [0.29, 0.717) is 11.6 Å². The second kappa shape index (κ2) is 4.61. The lowest BCUT2D eigenvalue weighted by Gasteiger charge is -2.12. The number of benzene rings is 1. The fourth-order valence-electron chi connectivity index (χ4n) is 2.22. The summed E-state index contributed by atoms with van der Waals surface area (Å²) in [6, 6.07) is 8.07. The fourth-order valence-corrected chi connectivity index (χ4v) is 3.06. The van der Waals surface area contributed by atoms with Gasteiger partial charge in [-0.15, -0.1) is 11.3 Å². The molecule has 1 aliphatic heterocycles. The summed E-state index contributed by atoms with van der Waals surface area (Å²) in [7, 11) is 0. The molecule has 1 aliphatic rings. The quantitative estimate of drug-likeness (QED) is 0.836. The summed E-state index contributed by atoms with van der Waals surface area (Å²) in [5.74, 6) is 0. The molecule has 0 N–H and O–H groups in total. The Bertz CT molecular complexity index is 567. The Hall–Kier alpha value is -1.40. The van der Waals surface area contributed by atoms with Crippen molar-refractivity contribution in [2.45, 2.75) is 25.8 Å². The molecule has 0 spiro atoms. The molecule has 0 saturated heterocycles. The van der Waals surface area contributed by atoms with Crippen molar-refractivity contribution >= 4 is 11.3 Å². The van der Waals surface area contributed by atoms with Gasteiger partial charge in [0, 0.05) is 18.5 Å². The van der Waals surface area contributed by atoms with Gasteiger partial charge in [0.15, 0.2) is 5.69 Å². The van der Waals surface area contributed by atoms with Gasteiger partial charge in [-0.1, -0.05) is 24.3 Å². The zero-order valence-electron chi connectivity index (χ0n) is 9.94. The zero-order chi connectivity index (χ0) is 13.5. The first-order chi connectivity index (χ1) is 9.02. The minimum Gasteiger partial charge on any atom is -0.288 e. The molecule has 19 heavy (non-hydrogen) atoms. The number of aromatic nitrogens is 1. The molecule has 0 atom stereocenters. The van der Waals surface area contributed by atoms with E-state index in [-0.39, 0.29) is 0 Å². The molecule has 0 bridgehead atoms. The van der Waals surface area contributed by atoms with Crippen LogP contribution < -0.4 is 0 Å². The number of hydrogen-bond acceptors (Lipinski definition) is 3. The summed E-state index contributed by atoms with van der Waals surface area (Å²) in [5, 5.41) is 1.60. The molecule has 0 amide bonds. The molecule has 1 aromatic carbocycles. The Morgan fingerprint density at radius 1 is 1.16 bits per heavy atom. The van der Waals surface area contributed by atoms with Gasteiger partial charge in [-0.2, -0.15) is 13.2 Å². The summed E-state index contributed by atoms with van der Waals surface area (Å²) in [4.78, 5) is 5.76. The van der Waals surface area contributed by atoms with E-state index in [2.05, 4.69) is 22.0 Å². The highest BCUT2D eigenvalue weighted by atomic mass is 32.1. The Labute approximate surface area is 112 Å².